The number of hydrogen-bond donors (Lipinski definition) is 0. The zero-order valence-electron chi connectivity index (χ0n) is 17.2. The first-order chi connectivity index (χ1) is 12.8. The van der Waals surface area contributed by atoms with E-state index in [2.05, 4.69) is 6.58 Å². The van der Waals surface area contributed by atoms with Crippen molar-refractivity contribution in [3.05, 3.63) is 12.7 Å². The molecule has 0 aliphatic carbocycles. The van der Waals surface area contributed by atoms with Crippen LogP contribution in [0.4, 0.5) is 0 Å². The second-order valence-corrected chi connectivity index (χ2v) is 7.87. The third kappa shape index (κ3) is 9.91. The van der Waals surface area contributed by atoms with Crippen molar-refractivity contribution in [1.82, 2.24) is 0 Å². The van der Waals surface area contributed by atoms with Gasteiger partial charge in [-0.3, -0.25) is 4.79 Å². The van der Waals surface area contributed by atoms with Crippen molar-refractivity contribution < 1.29 is 28.5 Å². The van der Waals surface area contributed by atoms with Gasteiger partial charge in [0.1, 0.15) is 5.41 Å². The van der Waals surface area contributed by atoms with E-state index >= 15 is 0 Å². The Hall–Kier alpha value is -1.40. The van der Waals surface area contributed by atoms with Crippen LogP contribution in [-0.2, 0) is 28.5 Å². The molecule has 6 nitrogen and oxygen atoms in total. The van der Waals surface area contributed by atoms with E-state index in [1.165, 1.54) is 18.9 Å². The van der Waals surface area contributed by atoms with E-state index in [1.807, 2.05) is 20.8 Å². The molecule has 1 aliphatic rings. The summed E-state index contributed by atoms with van der Waals surface area (Å²) >= 11 is 0. The first kappa shape index (κ1) is 23.6. The summed E-state index contributed by atoms with van der Waals surface area (Å²) in [6.07, 6.45) is 9.74. The Labute approximate surface area is 163 Å². The van der Waals surface area contributed by atoms with Crippen LogP contribution in [0.3, 0.4) is 0 Å². The van der Waals surface area contributed by atoms with Gasteiger partial charge in [-0.15, -0.1) is 0 Å². The van der Waals surface area contributed by atoms with E-state index in [0.717, 1.165) is 38.5 Å². The average Bonchev–Trinajstić information content (AvgIpc) is 2.64. The molecule has 1 heterocycles. The number of carbonyl (C=O) groups excluding carboxylic acids is 2. The smallest absolute Gasteiger partial charge is 0.330 e. The minimum absolute atomic E-state index is 0.241. The van der Waals surface area contributed by atoms with Crippen molar-refractivity contribution in [3.8, 4) is 0 Å². The Balaban J connectivity index is 1.93. The van der Waals surface area contributed by atoms with Crippen molar-refractivity contribution in [3.63, 3.8) is 0 Å². The molecule has 1 saturated heterocycles. The highest BCUT2D eigenvalue weighted by molar-refractivity contribution is 5.81. The standard InChI is InChI=1S/C21H36O6/c1-5-18(22)24-14-12-10-8-6-7-9-11-13-15-25-19(23)21(4)16-26-20(2,3)27-17-21/h5H,1,6-17H2,2-4H3. The van der Waals surface area contributed by atoms with E-state index in [1.54, 1.807) is 0 Å². The summed E-state index contributed by atoms with van der Waals surface area (Å²) < 4.78 is 21.5. The van der Waals surface area contributed by atoms with Gasteiger partial charge in [0.25, 0.3) is 0 Å². The molecule has 27 heavy (non-hydrogen) atoms. The van der Waals surface area contributed by atoms with Crippen LogP contribution in [0.25, 0.3) is 0 Å². The van der Waals surface area contributed by atoms with Gasteiger partial charge in [0.15, 0.2) is 5.79 Å². The zero-order chi connectivity index (χ0) is 20.2. The number of hydrogen-bond acceptors (Lipinski definition) is 6. The Morgan fingerprint density at radius 1 is 0.852 bits per heavy atom. The molecule has 0 bridgehead atoms. The van der Waals surface area contributed by atoms with E-state index in [9.17, 15) is 9.59 Å². The predicted molar refractivity (Wildman–Crippen MR) is 103 cm³/mol. The third-order valence-electron chi connectivity index (χ3n) is 4.65. The molecule has 1 rings (SSSR count). The lowest BCUT2D eigenvalue weighted by molar-refractivity contribution is -0.281. The molecule has 0 aromatic heterocycles. The van der Waals surface area contributed by atoms with Gasteiger partial charge in [-0.25, -0.2) is 4.79 Å². The summed E-state index contributed by atoms with van der Waals surface area (Å²) in [6, 6.07) is 0. The normalized spacial score (nSPS) is 17.9. The average molecular weight is 385 g/mol. The molecule has 0 N–H and O–H groups in total. The van der Waals surface area contributed by atoms with Crippen LogP contribution >= 0.6 is 0 Å². The summed E-state index contributed by atoms with van der Waals surface area (Å²) in [7, 11) is 0. The maximum Gasteiger partial charge on any atom is 0.330 e. The van der Waals surface area contributed by atoms with Gasteiger partial charge >= 0.3 is 11.9 Å². The van der Waals surface area contributed by atoms with Gasteiger partial charge in [0.2, 0.25) is 0 Å². The number of esters is 2. The first-order valence-corrected chi connectivity index (χ1v) is 10.0. The van der Waals surface area contributed by atoms with E-state index in [-0.39, 0.29) is 11.9 Å². The van der Waals surface area contributed by atoms with Crippen molar-refractivity contribution >= 4 is 11.9 Å². The van der Waals surface area contributed by atoms with Crippen LogP contribution in [-0.4, -0.2) is 44.2 Å². The molecule has 1 aliphatic heterocycles. The lowest BCUT2D eigenvalue weighted by atomic mass is 9.92. The highest BCUT2D eigenvalue weighted by Crippen LogP contribution is 2.30. The van der Waals surface area contributed by atoms with Crippen molar-refractivity contribution in [1.29, 1.82) is 0 Å². The second kappa shape index (κ2) is 12.1. The zero-order valence-corrected chi connectivity index (χ0v) is 17.2. The number of carbonyl (C=O) groups is 2. The number of ether oxygens (including phenoxy) is 4. The fraction of sp³-hybridized carbons (Fsp3) is 0.810. The minimum atomic E-state index is -0.713. The number of unbranched alkanes of at least 4 members (excludes halogenated alkanes) is 7. The molecule has 0 atom stereocenters. The summed E-state index contributed by atoms with van der Waals surface area (Å²) in [5, 5.41) is 0. The molecule has 1 fully saturated rings. The summed E-state index contributed by atoms with van der Waals surface area (Å²) in [5.74, 6) is -1.22. The Morgan fingerprint density at radius 2 is 1.30 bits per heavy atom. The van der Waals surface area contributed by atoms with Gasteiger partial charge in [-0.1, -0.05) is 45.1 Å². The van der Waals surface area contributed by atoms with Crippen molar-refractivity contribution in [2.24, 2.45) is 5.41 Å². The molecular formula is C21H36O6. The summed E-state index contributed by atoms with van der Waals surface area (Å²) in [4.78, 5) is 23.1. The molecule has 0 saturated carbocycles. The summed E-state index contributed by atoms with van der Waals surface area (Å²) in [6.45, 7) is 10.4. The molecule has 0 aromatic rings. The molecule has 0 amide bonds. The fourth-order valence-electron chi connectivity index (χ4n) is 2.70. The summed E-state index contributed by atoms with van der Waals surface area (Å²) in [5.41, 5.74) is -0.713. The van der Waals surface area contributed by atoms with Crippen LogP contribution in [0, 0.1) is 5.41 Å². The largest absolute Gasteiger partial charge is 0.465 e. The monoisotopic (exact) mass is 384 g/mol. The maximum absolute atomic E-state index is 12.2. The topological polar surface area (TPSA) is 71.1 Å². The maximum atomic E-state index is 12.2. The van der Waals surface area contributed by atoms with Crippen LogP contribution in [0.15, 0.2) is 12.7 Å². The van der Waals surface area contributed by atoms with Crippen molar-refractivity contribution in [2.45, 2.75) is 77.9 Å². The molecule has 0 spiro atoms. The quantitative estimate of drug-likeness (QED) is 0.270. The van der Waals surface area contributed by atoms with Crippen LogP contribution in [0.1, 0.15) is 72.1 Å². The molecular weight excluding hydrogens is 348 g/mol. The van der Waals surface area contributed by atoms with E-state index in [0.29, 0.717) is 26.4 Å². The lowest BCUT2D eigenvalue weighted by Gasteiger charge is -2.39. The highest BCUT2D eigenvalue weighted by Gasteiger charge is 2.43. The Morgan fingerprint density at radius 3 is 1.78 bits per heavy atom. The minimum Gasteiger partial charge on any atom is -0.465 e. The highest BCUT2D eigenvalue weighted by atomic mass is 16.7. The Bertz CT molecular complexity index is 461. The Kier molecular flexibility index (Phi) is 10.6. The lowest BCUT2D eigenvalue weighted by Crippen LogP contribution is -2.49. The third-order valence-corrected chi connectivity index (χ3v) is 4.65. The molecule has 156 valence electrons. The van der Waals surface area contributed by atoms with Gasteiger partial charge in [0, 0.05) is 6.08 Å². The van der Waals surface area contributed by atoms with Gasteiger partial charge < -0.3 is 18.9 Å². The first-order valence-electron chi connectivity index (χ1n) is 10.0. The van der Waals surface area contributed by atoms with E-state index in [4.69, 9.17) is 18.9 Å². The number of rotatable bonds is 13. The molecule has 0 unspecified atom stereocenters. The predicted octanol–water partition coefficient (Wildman–Crippen LogP) is 4.17. The van der Waals surface area contributed by atoms with E-state index < -0.39 is 11.2 Å². The van der Waals surface area contributed by atoms with Crippen LogP contribution in [0.2, 0.25) is 0 Å². The van der Waals surface area contributed by atoms with Gasteiger partial charge in [0.05, 0.1) is 26.4 Å². The fourth-order valence-corrected chi connectivity index (χ4v) is 2.70. The van der Waals surface area contributed by atoms with Crippen LogP contribution in [0.5, 0.6) is 0 Å². The van der Waals surface area contributed by atoms with Crippen LogP contribution < -0.4 is 0 Å². The molecule has 0 aromatic carbocycles. The van der Waals surface area contributed by atoms with Gasteiger partial charge in [-0.2, -0.15) is 0 Å². The SMILES string of the molecule is C=CC(=O)OCCCCCCCCCCOC(=O)C1(C)COC(C)(C)OC1. The molecule has 6 heteroatoms. The van der Waals surface area contributed by atoms with Crippen molar-refractivity contribution in [2.75, 3.05) is 26.4 Å². The molecule has 0 radical (unpaired) electrons. The van der Waals surface area contributed by atoms with Gasteiger partial charge in [-0.05, 0) is 33.6 Å². The second-order valence-electron chi connectivity index (χ2n) is 7.87.